The highest BCUT2D eigenvalue weighted by Crippen LogP contribution is 2.25. The van der Waals surface area contributed by atoms with Gasteiger partial charge >= 0.3 is 11.8 Å². The Balaban J connectivity index is 1.83. The Labute approximate surface area is 145 Å². The smallest absolute Gasteiger partial charge is 0.387 e. The second-order valence-electron chi connectivity index (χ2n) is 5.17. The van der Waals surface area contributed by atoms with Gasteiger partial charge in [-0.2, -0.15) is 13.8 Å². The lowest BCUT2D eigenvalue weighted by Gasteiger charge is -2.10. The minimum atomic E-state index is -2.91. The van der Waals surface area contributed by atoms with Crippen LogP contribution in [0.15, 0.2) is 35.6 Å². The van der Waals surface area contributed by atoms with E-state index in [4.69, 9.17) is 4.74 Å². The SMILES string of the molecule is COc1ccnc(C[S+]([O-])c2nc3cc(OC(F)F)ccc3[nH]2)c1C. The van der Waals surface area contributed by atoms with Gasteiger partial charge in [0.1, 0.15) is 11.5 Å². The molecule has 0 radical (unpaired) electrons. The van der Waals surface area contributed by atoms with Crippen LogP contribution in [0, 0.1) is 6.92 Å². The number of halogens is 2. The maximum absolute atomic E-state index is 12.6. The molecule has 0 fully saturated rings. The van der Waals surface area contributed by atoms with E-state index < -0.39 is 17.8 Å². The molecule has 3 rings (SSSR count). The van der Waals surface area contributed by atoms with Gasteiger partial charge in [-0.05, 0) is 25.1 Å². The number of fused-ring (bicyclic) bond motifs is 1. The monoisotopic (exact) mass is 367 g/mol. The molecule has 6 nitrogen and oxygen atoms in total. The second kappa shape index (κ2) is 7.24. The number of hydrogen-bond acceptors (Lipinski definition) is 5. The number of H-pyrrole nitrogens is 1. The summed E-state index contributed by atoms with van der Waals surface area (Å²) in [6.07, 6.45) is 1.59. The van der Waals surface area contributed by atoms with E-state index in [1.165, 1.54) is 12.1 Å². The zero-order valence-corrected chi connectivity index (χ0v) is 14.3. The normalized spacial score (nSPS) is 12.6. The lowest BCUT2D eigenvalue weighted by molar-refractivity contribution is -0.0497. The summed E-state index contributed by atoms with van der Waals surface area (Å²) in [5.74, 6) is 0.820. The molecule has 1 unspecified atom stereocenters. The number of aromatic amines is 1. The molecule has 132 valence electrons. The fraction of sp³-hybridized carbons (Fsp3) is 0.250. The third kappa shape index (κ3) is 3.83. The van der Waals surface area contributed by atoms with Crippen molar-refractivity contribution < 1.29 is 22.8 Å². The molecule has 2 heterocycles. The molecule has 0 saturated carbocycles. The first-order valence-corrected chi connectivity index (χ1v) is 8.61. The fourth-order valence-electron chi connectivity index (χ4n) is 2.36. The molecule has 0 aliphatic heterocycles. The molecule has 2 aromatic heterocycles. The Kier molecular flexibility index (Phi) is 5.05. The van der Waals surface area contributed by atoms with Crippen LogP contribution in [0.3, 0.4) is 0 Å². The lowest BCUT2D eigenvalue weighted by atomic mass is 10.2. The maximum Gasteiger partial charge on any atom is 0.387 e. The van der Waals surface area contributed by atoms with Crippen molar-refractivity contribution >= 4 is 22.2 Å². The van der Waals surface area contributed by atoms with Crippen LogP contribution in [-0.4, -0.2) is 33.2 Å². The molecular formula is C16H15F2N3O3S. The third-order valence-electron chi connectivity index (χ3n) is 3.62. The number of pyridine rings is 1. The van der Waals surface area contributed by atoms with E-state index in [1.54, 1.807) is 25.4 Å². The summed E-state index contributed by atoms with van der Waals surface area (Å²) in [6, 6.07) is 6.05. The quantitative estimate of drug-likeness (QED) is 0.677. The van der Waals surface area contributed by atoms with Gasteiger partial charge in [0.2, 0.25) is 0 Å². The molecule has 0 saturated heterocycles. The summed E-state index contributed by atoms with van der Waals surface area (Å²) in [5, 5.41) is 0.244. The van der Waals surface area contributed by atoms with Crippen LogP contribution in [0.4, 0.5) is 8.78 Å². The van der Waals surface area contributed by atoms with E-state index in [9.17, 15) is 13.3 Å². The Morgan fingerprint density at radius 3 is 2.84 bits per heavy atom. The standard InChI is InChI=1S/C16H15F2N3O3S/c1-9-13(19-6-5-14(9)23-2)8-25(22)16-20-11-4-3-10(24-15(17)18)7-12(11)21-16/h3-7,15H,8H2,1-2H3,(H,20,21). The minimum absolute atomic E-state index is 0.00311. The van der Waals surface area contributed by atoms with E-state index in [0.717, 1.165) is 5.56 Å². The largest absolute Gasteiger partial charge is 0.609 e. The molecule has 0 aliphatic rings. The Morgan fingerprint density at radius 1 is 1.32 bits per heavy atom. The van der Waals surface area contributed by atoms with Crippen LogP contribution < -0.4 is 9.47 Å². The number of nitrogens with zero attached hydrogens (tertiary/aromatic N) is 2. The number of methoxy groups -OCH3 is 1. The third-order valence-corrected chi connectivity index (χ3v) is 4.78. The summed E-state index contributed by atoms with van der Waals surface area (Å²) in [5.41, 5.74) is 2.43. The van der Waals surface area contributed by atoms with Crippen molar-refractivity contribution in [1.82, 2.24) is 15.0 Å². The Hall–Kier alpha value is -2.39. The summed E-state index contributed by atoms with van der Waals surface area (Å²) in [6.45, 7) is -1.07. The number of aromatic nitrogens is 3. The van der Waals surface area contributed by atoms with Crippen molar-refractivity contribution in [2.24, 2.45) is 0 Å². The zero-order chi connectivity index (χ0) is 18.0. The van der Waals surface area contributed by atoms with E-state index in [-0.39, 0.29) is 16.7 Å². The number of imidazole rings is 1. The van der Waals surface area contributed by atoms with Crippen molar-refractivity contribution in [2.45, 2.75) is 24.4 Å². The predicted octanol–water partition coefficient (Wildman–Crippen LogP) is 3.18. The van der Waals surface area contributed by atoms with Gasteiger partial charge in [-0.25, -0.2) is 0 Å². The van der Waals surface area contributed by atoms with Gasteiger partial charge in [0.25, 0.3) is 0 Å². The van der Waals surface area contributed by atoms with Crippen LogP contribution in [0.2, 0.25) is 0 Å². The van der Waals surface area contributed by atoms with Gasteiger partial charge in [0.15, 0.2) is 5.75 Å². The molecule has 9 heteroatoms. The molecule has 0 aliphatic carbocycles. The number of ether oxygens (including phenoxy) is 2. The Bertz CT molecular complexity index is 888. The van der Waals surface area contributed by atoms with Crippen LogP contribution >= 0.6 is 0 Å². The summed E-state index contributed by atoms with van der Waals surface area (Å²) in [7, 11) is 1.56. The van der Waals surface area contributed by atoms with Crippen molar-refractivity contribution in [1.29, 1.82) is 0 Å². The van der Waals surface area contributed by atoms with Crippen LogP contribution in [-0.2, 0) is 16.9 Å². The summed E-state index contributed by atoms with van der Waals surface area (Å²) in [4.78, 5) is 11.4. The topological polar surface area (TPSA) is 83.1 Å². The van der Waals surface area contributed by atoms with E-state index in [0.29, 0.717) is 22.5 Å². The maximum atomic E-state index is 12.6. The van der Waals surface area contributed by atoms with Crippen molar-refractivity contribution in [2.75, 3.05) is 7.11 Å². The first kappa shape index (κ1) is 17.4. The second-order valence-corrected chi connectivity index (χ2v) is 6.54. The van der Waals surface area contributed by atoms with Gasteiger partial charge in [0.05, 0.1) is 23.8 Å². The fourth-order valence-corrected chi connectivity index (χ4v) is 3.46. The van der Waals surface area contributed by atoms with Gasteiger partial charge in [-0.1, -0.05) is 0 Å². The van der Waals surface area contributed by atoms with E-state index >= 15 is 0 Å². The van der Waals surface area contributed by atoms with Gasteiger partial charge < -0.3 is 14.0 Å². The van der Waals surface area contributed by atoms with Crippen LogP contribution in [0.5, 0.6) is 11.5 Å². The highest BCUT2D eigenvalue weighted by Gasteiger charge is 2.20. The first-order chi connectivity index (χ1) is 12.0. The molecule has 0 spiro atoms. The van der Waals surface area contributed by atoms with E-state index in [2.05, 4.69) is 19.7 Å². The molecular weight excluding hydrogens is 352 g/mol. The zero-order valence-electron chi connectivity index (χ0n) is 13.5. The van der Waals surface area contributed by atoms with Gasteiger partial charge in [0, 0.05) is 29.0 Å². The number of hydrogen-bond donors (Lipinski definition) is 1. The molecule has 0 bridgehead atoms. The summed E-state index contributed by atoms with van der Waals surface area (Å²) < 4.78 is 46.7. The average molecular weight is 367 g/mol. The minimum Gasteiger partial charge on any atom is -0.609 e. The molecule has 25 heavy (non-hydrogen) atoms. The van der Waals surface area contributed by atoms with E-state index in [1.807, 2.05) is 6.92 Å². The first-order valence-electron chi connectivity index (χ1n) is 7.29. The number of nitrogens with one attached hydrogen (secondary N) is 1. The van der Waals surface area contributed by atoms with Gasteiger partial charge in [-0.15, -0.1) is 0 Å². The lowest BCUT2D eigenvalue weighted by Crippen LogP contribution is -2.10. The average Bonchev–Trinajstić information content (AvgIpc) is 2.99. The number of alkyl halides is 2. The van der Waals surface area contributed by atoms with Crippen molar-refractivity contribution in [3.63, 3.8) is 0 Å². The van der Waals surface area contributed by atoms with Gasteiger partial charge in [-0.3, -0.25) is 9.97 Å². The predicted molar refractivity (Wildman–Crippen MR) is 88.4 cm³/mol. The Morgan fingerprint density at radius 2 is 2.12 bits per heavy atom. The number of rotatable bonds is 6. The summed E-state index contributed by atoms with van der Waals surface area (Å²) >= 11 is -1.48. The highest BCUT2D eigenvalue weighted by atomic mass is 32.2. The van der Waals surface area contributed by atoms with Crippen molar-refractivity contribution in [3.8, 4) is 11.5 Å². The van der Waals surface area contributed by atoms with Crippen molar-refractivity contribution in [3.05, 3.63) is 41.7 Å². The van der Waals surface area contributed by atoms with Crippen LogP contribution in [0.1, 0.15) is 11.3 Å². The van der Waals surface area contributed by atoms with Crippen LogP contribution in [0.25, 0.3) is 11.0 Å². The molecule has 1 N–H and O–H groups in total. The highest BCUT2D eigenvalue weighted by molar-refractivity contribution is 7.90. The number of benzene rings is 1. The molecule has 3 aromatic rings. The molecule has 1 atom stereocenters. The molecule has 1 aromatic carbocycles. The molecule has 0 amide bonds.